The average molecular weight is 419 g/mol. The molecule has 160 valence electrons. The fourth-order valence-corrected chi connectivity index (χ4v) is 3.75. The number of allylic oxidation sites excluding steroid dienone is 1. The molecular formula is C24H25N3O4. The maximum absolute atomic E-state index is 13.0. The van der Waals surface area contributed by atoms with Gasteiger partial charge in [-0.2, -0.15) is 5.10 Å². The van der Waals surface area contributed by atoms with Gasteiger partial charge in [0.25, 0.3) is 5.56 Å². The minimum absolute atomic E-state index is 0.129. The molecule has 0 aliphatic carbocycles. The van der Waals surface area contributed by atoms with Gasteiger partial charge in [0.05, 0.1) is 18.9 Å². The van der Waals surface area contributed by atoms with Gasteiger partial charge in [0, 0.05) is 41.5 Å². The highest BCUT2D eigenvalue weighted by molar-refractivity contribution is 5.97. The first-order chi connectivity index (χ1) is 15.0. The van der Waals surface area contributed by atoms with E-state index in [4.69, 9.17) is 9.47 Å². The van der Waals surface area contributed by atoms with Gasteiger partial charge in [-0.05, 0) is 44.2 Å². The van der Waals surface area contributed by atoms with E-state index in [2.05, 4.69) is 11.7 Å². The Morgan fingerprint density at radius 1 is 1.13 bits per heavy atom. The molecule has 0 fully saturated rings. The molecule has 0 saturated heterocycles. The van der Waals surface area contributed by atoms with E-state index in [1.807, 2.05) is 42.7 Å². The Kier molecular flexibility index (Phi) is 5.75. The number of ether oxygens (including phenoxy) is 2. The van der Waals surface area contributed by atoms with E-state index >= 15 is 0 Å². The van der Waals surface area contributed by atoms with Gasteiger partial charge >= 0.3 is 0 Å². The summed E-state index contributed by atoms with van der Waals surface area (Å²) in [5.74, 6) is 1.19. The van der Waals surface area contributed by atoms with Crippen LogP contribution in [-0.2, 0) is 13.1 Å². The highest BCUT2D eigenvalue weighted by Crippen LogP contribution is 2.33. The second kappa shape index (κ2) is 8.63. The molecule has 0 spiro atoms. The molecule has 7 heteroatoms. The van der Waals surface area contributed by atoms with E-state index in [-0.39, 0.29) is 17.9 Å². The van der Waals surface area contributed by atoms with Crippen molar-refractivity contribution in [1.82, 2.24) is 14.3 Å². The highest BCUT2D eigenvalue weighted by atomic mass is 16.5. The molecule has 31 heavy (non-hydrogen) atoms. The highest BCUT2D eigenvalue weighted by Gasteiger charge is 2.18. The average Bonchev–Trinajstić information content (AvgIpc) is 2.93. The Labute approximate surface area is 180 Å². The van der Waals surface area contributed by atoms with Crippen LogP contribution in [-0.4, -0.2) is 33.3 Å². The van der Waals surface area contributed by atoms with Crippen LogP contribution in [0.3, 0.4) is 0 Å². The summed E-state index contributed by atoms with van der Waals surface area (Å²) in [6, 6.07) is 10.5. The molecule has 0 unspecified atom stereocenters. The van der Waals surface area contributed by atoms with Gasteiger partial charge in [-0.3, -0.25) is 9.59 Å². The first-order valence-electron chi connectivity index (χ1n) is 10.3. The number of aryl methyl sites for hydroxylation is 1. The number of aromatic nitrogens is 3. The molecule has 4 rings (SSSR count). The SMILES string of the molecule is C=CCn1c(C)cc(C(=O)Cn2nc(-c3ccc4c(c3)OCCCO4)ccc2=O)c1C. The van der Waals surface area contributed by atoms with Crippen LogP contribution >= 0.6 is 0 Å². The number of nitrogens with zero attached hydrogens (tertiary/aromatic N) is 3. The van der Waals surface area contributed by atoms with Crippen molar-refractivity contribution >= 4 is 5.78 Å². The smallest absolute Gasteiger partial charge is 0.267 e. The normalized spacial score (nSPS) is 13.0. The zero-order valence-electron chi connectivity index (χ0n) is 17.8. The first kappa shape index (κ1) is 20.7. The Balaban J connectivity index is 1.63. The maximum Gasteiger partial charge on any atom is 0.267 e. The maximum atomic E-state index is 13.0. The van der Waals surface area contributed by atoms with Crippen molar-refractivity contribution in [3.05, 3.63) is 76.4 Å². The van der Waals surface area contributed by atoms with Crippen molar-refractivity contribution in [3.63, 3.8) is 0 Å². The summed E-state index contributed by atoms with van der Waals surface area (Å²) in [5.41, 5.74) is 3.46. The van der Waals surface area contributed by atoms with Gasteiger partial charge in [-0.25, -0.2) is 4.68 Å². The molecular weight excluding hydrogens is 394 g/mol. The van der Waals surface area contributed by atoms with Gasteiger partial charge in [-0.1, -0.05) is 6.08 Å². The van der Waals surface area contributed by atoms with Crippen LogP contribution < -0.4 is 15.0 Å². The topological polar surface area (TPSA) is 75.3 Å². The van der Waals surface area contributed by atoms with Crippen LogP contribution in [0.15, 0.2) is 53.8 Å². The van der Waals surface area contributed by atoms with E-state index in [0.29, 0.717) is 42.5 Å². The largest absolute Gasteiger partial charge is 0.490 e. The van der Waals surface area contributed by atoms with Crippen LogP contribution in [0, 0.1) is 13.8 Å². The number of rotatable bonds is 6. The van der Waals surface area contributed by atoms with Crippen molar-refractivity contribution in [1.29, 1.82) is 0 Å². The molecule has 3 heterocycles. The Morgan fingerprint density at radius 3 is 2.68 bits per heavy atom. The summed E-state index contributed by atoms with van der Waals surface area (Å²) in [4.78, 5) is 25.4. The lowest BCUT2D eigenvalue weighted by Gasteiger charge is -2.10. The minimum Gasteiger partial charge on any atom is -0.490 e. The fraction of sp³-hybridized carbons (Fsp3) is 0.292. The number of carbonyl (C=O) groups is 1. The lowest BCUT2D eigenvalue weighted by molar-refractivity contribution is 0.0965. The molecule has 1 aromatic carbocycles. The standard InChI is InChI=1S/C24H25N3O4/c1-4-10-26-16(2)13-19(17(26)3)21(28)15-27-24(29)9-7-20(25-27)18-6-8-22-23(14-18)31-12-5-11-30-22/h4,6-9,13-14H,1,5,10-12,15H2,2-3H3. The second-order valence-corrected chi connectivity index (χ2v) is 7.53. The number of Topliss-reactive ketones (excluding diaryl/α,β-unsaturated/α-hetero) is 1. The zero-order valence-corrected chi connectivity index (χ0v) is 17.8. The molecule has 3 aromatic rings. The third-order valence-corrected chi connectivity index (χ3v) is 5.39. The van der Waals surface area contributed by atoms with Gasteiger partial charge in [0.1, 0.15) is 6.54 Å². The number of benzene rings is 1. The number of hydrogen-bond donors (Lipinski definition) is 0. The van der Waals surface area contributed by atoms with Crippen molar-refractivity contribution < 1.29 is 14.3 Å². The fourth-order valence-electron chi connectivity index (χ4n) is 3.75. The summed E-state index contributed by atoms with van der Waals surface area (Å²) < 4.78 is 14.6. The molecule has 0 radical (unpaired) electrons. The summed E-state index contributed by atoms with van der Waals surface area (Å²) >= 11 is 0. The van der Waals surface area contributed by atoms with E-state index in [1.165, 1.54) is 10.7 Å². The predicted molar refractivity (Wildman–Crippen MR) is 118 cm³/mol. The Hall–Kier alpha value is -3.61. The molecule has 0 bridgehead atoms. The lowest BCUT2D eigenvalue weighted by atomic mass is 10.1. The molecule has 0 saturated carbocycles. The van der Waals surface area contributed by atoms with Crippen molar-refractivity contribution in [2.45, 2.75) is 33.4 Å². The molecule has 7 nitrogen and oxygen atoms in total. The predicted octanol–water partition coefficient (Wildman–Crippen LogP) is 3.56. The summed E-state index contributed by atoms with van der Waals surface area (Å²) in [7, 11) is 0. The van der Waals surface area contributed by atoms with Crippen LogP contribution in [0.25, 0.3) is 11.3 Å². The van der Waals surface area contributed by atoms with Gasteiger partial charge in [-0.15, -0.1) is 6.58 Å². The van der Waals surface area contributed by atoms with Gasteiger partial charge in [0.2, 0.25) is 0 Å². The van der Waals surface area contributed by atoms with Crippen LogP contribution in [0.4, 0.5) is 0 Å². The molecule has 1 aliphatic heterocycles. The number of ketones is 1. The van der Waals surface area contributed by atoms with Gasteiger partial charge in [0.15, 0.2) is 17.3 Å². The Morgan fingerprint density at radius 2 is 1.90 bits per heavy atom. The van der Waals surface area contributed by atoms with E-state index in [0.717, 1.165) is 23.4 Å². The third-order valence-electron chi connectivity index (χ3n) is 5.39. The second-order valence-electron chi connectivity index (χ2n) is 7.53. The van der Waals surface area contributed by atoms with Crippen LogP contribution in [0.2, 0.25) is 0 Å². The molecule has 0 atom stereocenters. The summed E-state index contributed by atoms with van der Waals surface area (Å²) in [6.45, 7) is 9.31. The molecule has 1 aliphatic rings. The van der Waals surface area contributed by atoms with E-state index < -0.39 is 0 Å². The lowest BCUT2D eigenvalue weighted by Crippen LogP contribution is -2.26. The first-order valence-corrected chi connectivity index (χ1v) is 10.3. The summed E-state index contributed by atoms with van der Waals surface area (Å²) in [5, 5.41) is 4.44. The molecule has 0 N–H and O–H groups in total. The monoisotopic (exact) mass is 419 g/mol. The Bertz CT molecular complexity index is 1210. The van der Waals surface area contributed by atoms with Crippen molar-refractivity contribution in [3.8, 4) is 22.8 Å². The molecule has 2 aromatic heterocycles. The minimum atomic E-state index is -0.327. The van der Waals surface area contributed by atoms with E-state index in [1.54, 1.807) is 12.1 Å². The van der Waals surface area contributed by atoms with Crippen molar-refractivity contribution in [2.75, 3.05) is 13.2 Å². The van der Waals surface area contributed by atoms with E-state index in [9.17, 15) is 9.59 Å². The quantitative estimate of drug-likeness (QED) is 0.451. The van der Waals surface area contributed by atoms with Crippen molar-refractivity contribution in [2.24, 2.45) is 0 Å². The number of hydrogen-bond acceptors (Lipinski definition) is 5. The zero-order chi connectivity index (χ0) is 22.0. The molecule has 0 amide bonds. The van der Waals surface area contributed by atoms with Crippen LogP contribution in [0.1, 0.15) is 28.2 Å². The third kappa shape index (κ3) is 4.17. The van der Waals surface area contributed by atoms with Crippen LogP contribution in [0.5, 0.6) is 11.5 Å². The van der Waals surface area contributed by atoms with Gasteiger partial charge < -0.3 is 14.0 Å². The number of carbonyl (C=O) groups excluding carboxylic acids is 1. The summed E-state index contributed by atoms with van der Waals surface area (Å²) in [6.07, 6.45) is 2.61. The number of fused-ring (bicyclic) bond motifs is 1.